The van der Waals surface area contributed by atoms with Gasteiger partial charge in [0.1, 0.15) is 30.2 Å². The number of rotatable bonds is 5. The van der Waals surface area contributed by atoms with Crippen LogP contribution in [0.1, 0.15) is 119 Å². The Bertz CT molecular complexity index is 1900. The summed E-state index contributed by atoms with van der Waals surface area (Å²) in [5.41, 5.74) is 0.991. The van der Waals surface area contributed by atoms with Crippen molar-refractivity contribution < 1.29 is 53.1 Å². The number of H-pyrrole nitrogens is 1. The quantitative estimate of drug-likeness (QED) is 0.215. The highest BCUT2D eigenvalue weighted by molar-refractivity contribution is 5.98. The Labute approximate surface area is 307 Å². The molecule has 278 valence electrons. The van der Waals surface area contributed by atoms with Crippen LogP contribution in [-0.4, -0.2) is 68.5 Å². The number of ketones is 2. The van der Waals surface area contributed by atoms with E-state index in [9.17, 15) is 33.9 Å². The summed E-state index contributed by atoms with van der Waals surface area (Å²) >= 11 is 0. The van der Waals surface area contributed by atoms with E-state index in [4.69, 9.17) is 14.2 Å². The average Bonchev–Trinajstić information content (AvgIpc) is 3.54. The number of nitrogens with zero attached hydrogens (tertiary/aromatic N) is 1. The first-order valence-corrected chi connectivity index (χ1v) is 18.4. The van der Waals surface area contributed by atoms with Gasteiger partial charge in [0, 0.05) is 30.4 Å². The second kappa shape index (κ2) is 14.5. The van der Waals surface area contributed by atoms with E-state index in [1.807, 2.05) is 0 Å². The molecule has 2 N–H and O–H groups in total. The maximum absolute atomic E-state index is 12.6. The van der Waals surface area contributed by atoms with Crippen molar-refractivity contribution in [2.24, 2.45) is 23.7 Å². The van der Waals surface area contributed by atoms with Crippen LogP contribution in [0.5, 0.6) is 0 Å². The second-order valence-corrected chi connectivity index (χ2v) is 15.8. The zero-order chi connectivity index (χ0) is 37.5. The number of hydrogen-bond acceptors (Lipinski definition) is 10. The van der Waals surface area contributed by atoms with Crippen molar-refractivity contribution in [3.63, 3.8) is 0 Å². The van der Waals surface area contributed by atoms with E-state index in [1.54, 1.807) is 67.3 Å². The van der Waals surface area contributed by atoms with Gasteiger partial charge in [0.25, 0.3) is 0 Å². The molecular formula is C41H45N2O10+. The number of hydrogen-bond donors (Lipinski definition) is 1. The lowest BCUT2D eigenvalue weighted by atomic mass is 9.65. The fraction of sp³-hybridized carbons (Fsp3) is 0.488. The maximum atomic E-state index is 12.6. The number of esters is 3. The minimum atomic E-state index is -0.584. The molecule has 8 fully saturated rings. The minimum Gasteiger partial charge on any atom is -0.462 e. The fourth-order valence-electron chi connectivity index (χ4n) is 9.41. The Balaban J connectivity index is 0.000000130. The molecule has 1 aromatic heterocycles. The molecule has 2 aromatic carbocycles. The molecule has 53 heavy (non-hydrogen) atoms. The van der Waals surface area contributed by atoms with Crippen LogP contribution in [-0.2, 0) is 23.8 Å². The van der Waals surface area contributed by atoms with Crippen molar-refractivity contribution in [2.75, 3.05) is 0 Å². The van der Waals surface area contributed by atoms with Crippen LogP contribution in [0.3, 0.4) is 0 Å². The van der Waals surface area contributed by atoms with Crippen LogP contribution in [0.4, 0.5) is 0 Å². The van der Waals surface area contributed by atoms with Gasteiger partial charge in [-0.2, -0.15) is 4.57 Å². The Morgan fingerprint density at radius 2 is 1.23 bits per heavy atom. The Morgan fingerprint density at radius 3 is 1.77 bits per heavy atom. The molecule has 8 bridgehead atoms. The van der Waals surface area contributed by atoms with E-state index < -0.39 is 11.2 Å². The van der Waals surface area contributed by atoms with Crippen molar-refractivity contribution in [3.8, 4) is 0 Å². The number of fused-ring (bicyclic) bond motifs is 2. The van der Waals surface area contributed by atoms with E-state index in [-0.39, 0.29) is 59.4 Å². The minimum absolute atomic E-state index is 0.00347. The van der Waals surface area contributed by atoms with Gasteiger partial charge in [0.15, 0.2) is 11.6 Å². The highest BCUT2D eigenvalue weighted by atomic mass is 16.6. The third kappa shape index (κ3) is 8.02. The standard InChI is InChI=1S/C19H20O5.C12H10N2O2.C10H14O3/c1-11(20)13-2-4-14(5-3-13)18(22)24-19-8-12-6-15(9-19)17(21)23-16(7-12)10-19;1-9(15)10-2-4-11(5-3-10)12(16)14-7-6-13-8-14;11-9-7-1-6-2-8(13-9)5-10(12,3-6)4-7/h2-5,12,15-16H,6-10H2,1H3;2-8H,1H3;6-8,12H,1-5H2/p+1. The highest BCUT2D eigenvalue weighted by Crippen LogP contribution is 2.52. The number of aromatic nitrogens is 2. The molecule has 4 saturated carbocycles. The molecule has 0 amide bonds. The SMILES string of the molecule is CC(=O)c1ccc(C(=O)OC23CC4CC(C2)OC(=O)C(C4)C3)cc1.CC(=O)c1ccc(C(=O)n2cc[nH+]c2)cc1.O=C1OC2CC3CC1CC(O)(C3)C2. The highest BCUT2D eigenvalue weighted by Gasteiger charge is 2.55. The summed E-state index contributed by atoms with van der Waals surface area (Å²) < 4.78 is 18.2. The van der Waals surface area contributed by atoms with Crippen LogP contribution in [0.25, 0.3) is 0 Å². The molecule has 3 aromatic rings. The molecule has 0 radical (unpaired) electrons. The van der Waals surface area contributed by atoms with E-state index >= 15 is 0 Å². The number of Topliss-reactive ketones (excluding diaryl/α,β-unsaturated/α-hetero) is 2. The lowest BCUT2D eigenvalue weighted by molar-refractivity contribution is -0.376. The summed E-state index contributed by atoms with van der Waals surface area (Å²) in [7, 11) is 0. The zero-order valence-corrected chi connectivity index (χ0v) is 30.0. The van der Waals surface area contributed by atoms with E-state index in [0.717, 1.165) is 38.5 Å². The summed E-state index contributed by atoms with van der Waals surface area (Å²) in [6.45, 7) is 2.99. The maximum Gasteiger partial charge on any atom is 0.345 e. The second-order valence-electron chi connectivity index (χ2n) is 15.8. The van der Waals surface area contributed by atoms with Crippen LogP contribution in [0, 0.1) is 23.7 Å². The first-order chi connectivity index (χ1) is 25.3. The van der Waals surface area contributed by atoms with E-state index in [2.05, 4.69) is 4.98 Å². The molecular weight excluding hydrogens is 680 g/mol. The Kier molecular flexibility index (Phi) is 9.92. The number of carbonyl (C=O) groups excluding carboxylic acids is 6. The Hall–Kier alpha value is -4.97. The average molecular weight is 726 g/mol. The summed E-state index contributed by atoms with van der Waals surface area (Å²) in [5.74, 6) is -0.0162. The molecule has 8 atom stereocenters. The normalized spacial score (nSPS) is 31.4. The molecule has 5 heterocycles. The largest absolute Gasteiger partial charge is 0.462 e. The number of nitrogens with one attached hydrogen (secondary N) is 1. The van der Waals surface area contributed by atoms with Gasteiger partial charge in [-0.05, 0) is 94.9 Å². The fourth-order valence-corrected chi connectivity index (χ4v) is 9.41. The Morgan fingerprint density at radius 1 is 0.698 bits per heavy atom. The van der Waals surface area contributed by atoms with E-state index in [1.165, 1.54) is 18.4 Å². The third-order valence-electron chi connectivity index (χ3n) is 11.6. The van der Waals surface area contributed by atoms with Crippen LogP contribution < -0.4 is 4.98 Å². The van der Waals surface area contributed by atoms with Crippen molar-refractivity contribution in [1.82, 2.24) is 4.57 Å². The first kappa shape index (κ1) is 36.4. The monoisotopic (exact) mass is 725 g/mol. The number of aliphatic hydroxyl groups is 1. The van der Waals surface area contributed by atoms with Crippen LogP contribution in [0.15, 0.2) is 67.3 Å². The first-order valence-electron chi connectivity index (χ1n) is 18.4. The summed E-state index contributed by atoms with van der Waals surface area (Å²) in [4.78, 5) is 73.1. The number of ether oxygens (including phenoxy) is 3. The number of benzene rings is 2. The molecule has 12 heteroatoms. The topological polar surface area (TPSA) is 169 Å². The lowest BCUT2D eigenvalue weighted by Gasteiger charge is -2.45. The lowest BCUT2D eigenvalue weighted by Crippen LogP contribution is -2.48. The van der Waals surface area contributed by atoms with Gasteiger partial charge in [-0.3, -0.25) is 19.2 Å². The molecule has 4 aliphatic carbocycles. The van der Waals surface area contributed by atoms with Gasteiger partial charge in [0.05, 0.1) is 28.6 Å². The van der Waals surface area contributed by atoms with E-state index in [0.29, 0.717) is 59.8 Å². The van der Waals surface area contributed by atoms with Crippen LogP contribution in [0.2, 0.25) is 0 Å². The number of aromatic amines is 1. The number of imidazole rings is 1. The zero-order valence-electron chi connectivity index (χ0n) is 30.0. The van der Waals surface area contributed by atoms with Crippen molar-refractivity contribution in [3.05, 3.63) is 89.5 Å². The van der Waals surface area contributed by atoms with Crippen LogP contribution >= 0.6 is 0 Å². The van der Waals surface area contributed by atoms with Gasteiger partial charge in [-0.1, -0.05) is 24.3 Å². The van der Waals surface area contributed by atoms with Crippen molar-refractivity contribution in [1.29, 1.82) is 0 Å². The summed E-state index contributed by atoms with van der Waals surface area (Å²) in [6, 6.07) is 13.1. The summed E-state index contributed by atoms with van der Waals surface area (Å²) in [6.07, 6.45) is 12.6. The van der Waals surface area contributed by atoms with Crippen molar-refractivity contribution in [2.45, 2.75) is 101 Å². The smallest absolute Gasteiger partial charge is 0.345 e. The third-order valence-corrected chi connectivity index (χ3v) is 11.6. The van der Waals surface area contributed by atoms with Gasteiger partial charge in [-0.25, -0.2) is 14.6 Å². The predicted molar refractivity (Wildman–Crippen MR) is 187 cm³/mol. The van der Waals surface area contributed by atoms with Gasteiger partial charge >= 0.3 is 23.8 Å². The van der Waals surface area contributed by atoms with Gasteiger partial charge in [0.2, 0.25) is 6.33 Å². The molecule has 12 nitrogen and oxygen atoms in total. The molecule has 4 saturated heterocycles. The molecule has 0 spiro atoms. The predicted octanol–water partition coefficient (Wildman–Crippen LogP) is 4.97. The number of carbonyl (C=O) groups is 6. The molecule has 8 unspecified atom stereocenters. The summed E-state index contributed by atoms with van der Waals surface area (Å²) in [5, 5.41) is 10.2. The van der Waals surface area contributed by atoms with Crippen molar-refractivity contribution >= 4 is 35.4 Å². The molecule has 4 aliphatic heterocycles. The van der Waals surface area contributed by atoms with Gasteiger partial charge < -0.3 is 19.3 Å². The molecule has 11 rings (SSSR count). The molecule has 8 aliphatic rings. The van der Waals surface area contributed by atoms with Gasteiger partial charge in [-0.15, -0.1) is 0 Å².